The Morgan fingerprint density at radius 3 is 3.18 bits per heavy atom. The lowest BCUT2D eigenvalue weighted by atomic mass is 10.2. The zero-order valence-corrected chi connectivity index (χ0v) is 6.06. The molecule has 0 aromatic carbocycles. The third-order valence-corrected chi connectivity index (χ3v) is 1.74. The van der Waals surface area contributed by atoms with E-state index in [1.165, 1.54) is 12.3 Å². The molecule has 2 rings (SSSR count). The number of hydrogen-bond donors (Lipinski definition) is 1. The summed E-state index contributed by atoms with van der Waals surface area (Å²) in [5.41, 5.74) is 1.89. The number of nitrogens with zero attached hydrogens (tertiary/aromatic N) is 1. The number of H-pyrrole nitrogens is 1. The van der Waals surface area contributed by atoms with E-state index in [0.29, 0.717) is 0 Å². The molecule has 0 radical (unpaired) electrons. The predicted octanol–water partition coefficient (Wildman–Crippen LogP) is 2.01. The highest BCUT2D eigenvalue weighted by Gasteiger charge is 1.99. The minimum Gasteiger partial charge on any atom is -0.361 e. The van der Waals surface area contributed by atoms with E-state index >= 15 is 0 Å². The minimum absolute atomic E-state index is 0.445. The molecule has 0 aliphatic carbocycles. The molecule has 0 unspecified atom stereocenters. The summed E-state index contributed by atoms with van der Waals surface area (Å²) in [4.78, 5) is 6.50. The average molecular weight is 150 g/mol. The van der Waals surface area contributed by atoms with Crippen molar-refractivity contribution in [3.8, 4) is 0 Å². The molecule has 11 heavy (non-hydrogen) atoms. The molecule has 0 bridgehead atoms. The molecule has 2 aromatic heterocycles. The highest BCUT2D eigenvalue weighted by Crippen LogP contribution is 2.15. The fraction of sp³-hybridized carbons (Fsp3) is 0.125. The van der Waals surface area contributed by atoms with E-state index in [0.717, 1.165) is 16.5 Å². The maximum atomic E-state index is 12.5. The molecule has 0 aliphatic heterocycles. The Bertz CT molecular complexity index is 392. The number of halogens is 1. The summed E-state index contributed by atoms with van der Waals surface area (Å²) in [5.74, 6) is -0.445. The Kier molecular flexibility index (Phi) is 1.18. The lowest BCUT2D eigenvalue weighted by Crippen LogP contribution is -1.79. The Hall–Kier alpha value is -1.38. The zero-order valence-electron chi connectivity index (χ0n) is 6.06. The number of rotatable bonds is 0. The van der Waals surface area contributed by atoms with Gasteiger partial charge in [-0.3, -0.25) is 0 Å². The van der Waals surface area contributed by atoms with Crippen molar-refractivity contribution in [2.24, 2.45) is 0 Å². The van der Waals surface area contributed by atoms with Crippen molar-refractivity contribution in [3.05, 3.63) is 30.0 Å². The molecule has 0 atom stereocenters. The van der Waals surface area contributed by atoms with Crippen molar-refractivity contribution >= 4 is 10.9 Å². The topological polar surface area (TPSA) is 28.7 Å². The third kappa shape index (κ3) is 0.888. The molecule has 0 saturated carbocycles. The van der Waals surface area contributed by atoms with Crippen LogP contribution in [0.1, 0.15) is 5.56 Å². The van der Waals surface area contributed by atoms with E-state index in [9.17, 15) is 4.39 Å². The van der Waals surface area contributed by atoms with Gasteiger partial charge < -0.3 is 4.98 Å². The third-order valence-electron chi connectivity index (χ3n) is 1.74. The monoisotopic (exact) mass is 150 g/mol. The molecule has 3 heteroatoms. The molecule has 1 N–H and O–H groups in total. The lowest BCUT2D eigenvalue weighted by molar-refractivity contribution is 0.586. The summed E-state index contributed by atoms with van der Waals surface area (Å²) in [5, 5.41) is 0.978. The number of pyridine rings is 1. The van der Waals surface area contributed by atoms with Gasteiger partial charge in [0.1, 0.15) is 0 Å². The van der Waals surface area contributed by atoms with Crippen LogP contribution in [0, 0.1) is 12.9 Å². The van der Waals surface area contributed by atoms with Gasteiger partial charge in [-0.1, -0.05) is 0 Å². The smallest absolute Gasteiger partial charge is 0.214 e. The van der Waals surface area contributed by atoms with Crippen LogP contribution in [0.3, 0.4) is 0 Å². The van der Waals surface area contributed by atoms with Gasteiger partial charge in [-0.2, -0.15) is 4.39 Å². The standard InChI is InChI=1S/C8H7FN2/c1-5-3-10-7-2-8(9)11-4-6(5)7/h2-4,10H,1H3. The number of aryl methyl sites for hydroxylation is 1. The Morgan fingerprint density at radius 1 is 1.55 bits per heavy atom. The summed E-state index contributed by atoms with van der Waals surface area (Å²) >= 11 is 0. The van der Waals surface area contributed by atoms with Crippen LogP contribution >= 0.6 is 0 Å². The molecule has 0 fully saturated rings. The van der Waals surface area contributed by atoms with Crippen molar-refractivity contribution in [1.29, 1.82) is 0 Å². The van der Waals surface area contributed by atoms with E-state index in [1.54, 1.807) is 0 Å². The van der Waals surface area contributed by atoms with Crippen LogP contribution < -0.4 is 0 Å². The molecule has 2 heterocycles. The second-order valence-electron chi connectivity index (χ2n) is 2.52. The number of aromatic nitrogens is 2. The first-order chi connectivity index (χ1) is 5.27. The molecular formula is C8H7FN2. The van der Waals surface area contributed by atoms with Gasteiger partial charge in [0.2, 0.25) is 5.95 Å². The van der Waals surface area contributed by atoms with E-state index in [1.807, 2.05) is 13.1 Å². The predicted molar refractivity (Wildman–Crippen MR) is 40.8 cm³/mol. The van der Waals surface area contributed by atoms with Crippen molar-refractivity contribution in [2.45, 2.75) is 6.92 Å². The van der Waals surface area contributed by atoms with Crippen molar-refractivity contribution < 1.29 is 4.39 Å². The van der Waals surface area contributed by atoms with Crippen molar-refractivity contribution in [1.82, 2.24) is 9.97 Å². The van der Waals surface area contributed by atoms with Crippen molar-refractivity contribution in [2.75, 3.05) is 0 Å². The normalized spacial score (nSPS) is 10.7. The van der Waals surface area contributed by atoms with E-state index in [4.69, 9.17) is 0 Å². The molecule has 56 valence electrons. The SMILES string of the molecule is Cc1c[nH]c2cc(F)ncc12. The number of nitrogens with one attached hydrogen (secondary N) is 1. The molecule has 0 saturated heterocycles. The van der Waals surface area contributed by atoms with Gasteiger partial charge in [0.15, 0.2) is 0 Å². The first-order valence-corrected chi connectivity index (χ1v) is 3.36. The van der Waals surface area contributed by atoms with Crippen LogP contribution in [-0.4, -0.2) is 9.97 Å². The summed E-state index contributed by atoms with van der Waals surface area (Å²) < 4.78 is 12.5. The summed E-state index contributed by atoms with van der Waals surface area (Å²) in [6.07, 6.45) is 3.38. The first-order valence-electron chi connectivity index (χ1n) is 3.36. The quantitative estimate of drug-likeness (QED) is 0.572. The number of aromatic amines is 1. The van der Waals surface area contributed by atoms with Crippen LogP contribution in [0.4, 0.5) is 4.39 Å². The summed E-state index contributed by atoms with van der Waals surface area (Å²) in [6.45, 7) is 1.96. The minimum atomic E-state index is -0.445. The van der Waals surface area contributed by atoms with Crippen LogP contribution in [0.2, 0.25) is 0 Å². The van der Waals surface area contributed by atoms with Crippen LogP contribution in [0.15, 0.2) is 18.5 Å². The van der Waals surface area contributed by atoms with Gasteiger partial charge in [-0.05, 0) is 12.5 Å². The molecule has 2 aromatic rings. The zero-order chi connectivity index (χ0) is 7.84. The molecule has 0 aliphatic rings. The van der Waals surface area contributed by atoms with E-state index < -0.39 is 5.95 Å². The first kappa shape index (κ1) is 6.34. The van der Waals surface area contributed by atoms with Crippen LogP contribution in [0.5, 0.6) is 0 Å². The van der Waals surface area contributed by atoms with Crippen LogP contribution in [-0.2, 0) is 0 Å². The maximum absolute atomic E-state index is 12.5. The summed E-state index contributed by atoms with van der Waals surface area (Å²) in [6, 6.07) is 1.39. The molecule has 0 spiro atoms. The second-order valence-corrected chi connectivity index (χ2v) is 2.52. The van der Waals surface area contributed by atoms with Gasteiger partial charge in [0, 0.05) is 23.8 Å². The van der Waals surface area contributed by atoms with E-state index in [2.05, 4.69) is 9.97 Å². The fourth-order valence-corrected chi connectivity index (χ4v) is 1.13. The van der Waals surface area contributed by atoms with Crippen molar-refractivity contribution in [3.63, 3.8) is 0 Å². The van der Waals surface area contributed by atoms with Gasteiger partial charge in [0.25, 0.3) is 0 Å². The van der Waals surface area contributed by atoms with Crippen LogP contribution in [0.25, 0.3) is 10.9 Å². The maximum Gasteiger partial charge on any atom is 0.214 e. The highest BCUT2D eigenvalue weighted by atomic mass is 19.1. The average Bonchev–Trinajstić information content (AvgIpc) is 2.32. The summed E-state index contributed by atoms with van der Waals surface area (Å²) in [7, 11) is 0. The lowest BCUT2D eigenvalue weighted by Gasteiger charge is -1.89. The van der Waals surface area contributed by atoms with Gasteiger partial charge in [-0.25, -0.2) is 4.98 Å². The Balaban J connectivity index is 2.86. The highest BCUT2D eigenvalue weighted by molar-refractivity contribution is 5.81. The van der Waals surface area contributed by atoms with E-state index in [-0.39, 0.29) is 0 Å². The Morgan fingerprint density at radius 2 is 2.36 bits per heavy atom. The number of fused-ring (bicyclic) bond motifs is 1. The Labute approximate surface area is 63.1 Å². The molecular weight excluding hydrogens is 143 g/mol. The van der Waals surface area contributed by atoms with Gasteiger partial charge in [0.05, 0.1) is 5.52 Å². The molecule has 2 nitrogen and oxygen atoms in total. The largest absolute Gasteiger partial charge is 0.361 e. The van der Waals surface area contributed by atoms with Gasteiger partial charge in [-0.15, -0.1) is 0 Å². The molecule has 0 amide bonds. The number of hydrogen-bond acceptors (Lipinski definition) is 1. The second kappa shape index (κ2) is 2.05. The van der Waals surface area contributed by atoms with Gasteiger partial charge >= 0.3 is 0 Å². The fourth-order valence-electron chi connectivity index (χ4n) is 1.13.